The number of ether oxygens (including phenoxy) is 3. The first-order valence-electron chi connectivity index (χ1n) is 14.9. The molecule has 6 rings (SSSR count). The van der Waals surface area contributed by atoms with Crippen LogP contribution in [0.3, 0.4) is 0 Å². The first kappa shape index (κ1) is 33.8. The number of aromatic hydroxyl groups is 2. The Kier molecular flexibility index (Phi) is 8.60. The van der Waals surface area contributed by atoms with Crippen molar-refractivity contribution in [2.45, 2.75) is 55.2 Å². The van der Waals surface area contributed by atoms with Crippen LogP contribution in [0.1, 0.15) is 40.4 Å². The van der Waals surface area contributed by atoms with Crippen LogP contribution < -0.4 is 20.7 Å². The molecule has 10 N–H and O–H groups in total. The van der Waals surface area contributed by atoms with E-state index in [9.17, 15) is 50.1 Å². The summed E-state index contributed by atoms with van der Waals surface area (Å²) >= 11 is 5.33. The van der Waals surface area contributed by atoms with Crippen LogP contribution in [0.25, 0.3) is 0 Å². The normalized spacial score (nSPS) is 24.3. The molecule has 3 aromatic rings. The highest BCUT2D eigenvalue weighted by Crippen LogP contribution is 2.57. The monoisotopic (exact) mass is 697 g/mol. The van der Waals surface area contributed by atoms with Gasteiger partial charge < -0.3 is 65.9 Å². The van der Waals surface area contributed by atoms with E-state index in [4.69, 9.17) is 26.4 Å². The number of benzene rings is 3. The maximum atomic E-state index is 13.4. The fraction of sp³-hybridized carbons (Fsp3) is 0.312. The van der Waals surface area contributed by atoms with Gasteiger partial charge in [-0.2, -0.15) is 0 Å². The smallest absolute Gasteiger partial charge is 0.364 e. The number of aliphatic hydroxyl groups excluding tert-OH is 3. The Morgan fingerprint density at radius 2 is 1.61 bits per heavy atom. The zero-order valence-corrected chi connectivity index (χ0v) is 26.3. The SMILES string of the molecule is CC(=O)N[C@H]1[C@@H]([C@H](O)[C@@H](O)CNC(=S)Nc2ccc3c(c2)C(=O)OC32c3ccc(O)cc3Oc3cc(O)ccc32)O[C@@](O)(C(=O)O)C[C@H]1O. The average Bonchev–Trinajstić information content (AvgIpc) is 3.31. The van der Waals surface area contributed by atoms with E-state index in [-0.39, 0.29) is 33.7 Å². The van der Waals surface area contributed by atoms with Gasteiger partial charge in [-0.25, -0.2) is 9.59 Å². The lowest BCUT2D eigenvalue weighted by atomic mass is 9.77. The molecule has 0 bridgehead atoms. The van der Waals surface area contributed by atoms with Gasteiger partial charge in [0.25, 0.3) is 5.79 Å². The number of nitrogens with one attached hydrogen (secondary N) is 3. The molecule has 1 amide bonds. The fourth-order valence-corrected chi connectivity index (χ4v) is 6.51. The standard InChI is InChI=1S/C32H31N3O13S/c1-13(36)34-25-21(39)11-31(45,29(43)44)47-27(25)26(41)22(40)12-33-30(49)35-14-2-5-18-17(8-14)28(42)48-32(18)19-6-3-15(37)9-23(19)46-24-10-16(38)4-7-20(24)32/h2-10,21-22,25-27,37-41,45H,11-12H2,1H3,(H,34,36)(H,43,44)(H2,33,35,49)/t21-,22+,25-,26-,27+,31-/m1/s1. The van der Waals surface area contributed by atoms with Gasteiger partial charge in [0.2, 0.25) is 5.91 Å². The van der Waals surface area contributed by atoms with Crippen LogP contribution in [0, 0.1) is 0 Å². The largest absolute Gasteiger partial charge is 0.508 e. The van der Waals surface area contributed by atoms with Crippen molar-refractivity contribution in [3.05, 3.63) is 76.9 Å². The number of thiocarbonyl (C=S) groups is 1. The highest BCUT2D eigenvalue weighted by Gasteiger charge is 2.55. The van der Waals surface area contributed by atoms with Crippen molar-refractivity contribution in [3.8, 4) is 23.0 Å². The number of hydrogen-bond donors (Lipinski definition) is 10. The Morgan fingerprint density at radius 1 is 1.00 bits per heavy atom. The molecule has 1 spiro atoms. The topological polar surface area (TPSA) is 257 Å². The molecular formula is C32H31N3O13S. The lowest BCUT2D eigenvalue weighted by molar-refractivity contribution is -0.294. The van der Waals surface area contributed by atoms with Crippen LogP contribution >= 0.6 is 12.2 Å². The molecule has 1 saturated heterocycles. The summed E-state index contributed by atoms with van der Waals surface area (Å²) in [5.41, 5.74) is 0.375. The second kappa shape index (κ2) is 12.4. The molecule has 3 aliphatic heterocycles. The fourth-order valence-electron chi connectivity index (χ4n) is 6.30. The van der Waals surface area contributed by atoms with E-state index < -0.39 is 72.7 Å². The number of esters is 1. The molecule has 0 unspecified atom stereocenters. The van der Waals surface area contributed by atoms with Crippen molar-refractivity contribution < 1.29 is 64.3 Å². The molecule has 0 aliphatic carbocycles. The molecule has 258 valence electrons. The van der Waals surface area contributed by atoms with Gasteiger partial charge in [0, 0.05) is 54.4 Å². The Balaban J connectivity index is 1.19. The van der Waals surface area contributed by atoms with E-state index in [0.717, 1.165) is 6.92 Å². The summed E-state index contributed by atoms with van der Waals surface area (Å²) in [6.07, 6.45) is -7.83. The van der Waals surface area contributed by atoms with Gasteiger partial charge in [-0.3, -0.25) is 4.79 Å². The quantitative estimate of drug-likeness (QED) is 0.116. The zero-order valence-electron chi connectivity index (χ0n) is 25.5. The minimum absolute atomic E-state index is 0.0648. The number of aliphatic hydroxyl groups is 4. The first-order chi connectivity index (χ1) is 23.1. The minimum atomic E-state index is -2.89. The number of carboxylic acids is 1. The molecule has 6 atom stereocenters. The van der Waals surface area contributed by atoms with E-state index in [1.54, 1.807) is 24.3 Å². The number of hydrogen-bond acceptors (Lipinski definition) is 13. The van der Waals surface area contributed by atoms with Gasteiger partial charge in [-0.1, -0.05) is 6.07 Å². The molecule has 16 nitrogen and oxygen atoms in total. The van der Waals surface area contributed by atoms with Crippen LogP contribution in [0.5, 0.6) is 23.0 Å². The minimum Gasteiger partial charge on any atom is -0.508 e. The number of amides is 1. The number of anilines is 1. The lowest BCUT2D eigenvalue weighted by Gasteiger charge is -2.44. The van der Waals surface area contributed by atoms with E-state index >= 15 is 0 Å². The molecule has 17 heteroatoms. The van der Waals surface area contributed by atoms with Crippen LogP contribution in [-0.2, 0) is 24.7 Å². The second-order valence-electron chi connectivity index (χ2n) is 11.9. The molecule has 0 radical (unpaired) electrons. The second-order valence-corrected chi connectivity index (χ2v) is 12.3. The predicted molar refractivity (Wildman–Crippen MR) is 170 cm³/mol. The van der Waals surface area contributed by atoms with Crippen LogP contribution in [-0.4, -0.2) is 101 Å². The molecule has 1 fully saturated rings. The number of fused-ring (bicyclic) bond motifs is 6. The van der Waals surface area contributed by atoms with Gasteiger partial charge in [0.15, 0.2) is 10.7 Å². The van der Waals surface area contributed by atoms with Crippen molar-refractivity contribution in [1.82, 2.24) is 10.6 Å². The number of phenols is 2. The van der Waals surface area contributed by atoms with Crippen molar-refractivity contribution in [1.29, 1.82) is 0 Å². The van der Waals surface area contributed by atoms with Crippen LogP contribution in [0.15, 0.2) is 54.6 Å². The van der Waals surface area contributed by atoms with Gasteiger partial charge >= 0.3 is 11.9 Å². The summed E-state index contributed by atoms with van der Waals surface area (Å²) in [4.78, 5) is 36.6. The number of phenolic OH excluding ortho intramolecular Hbond substituents is 2. The predicted octanol–water partition coefficient (Wildman–Crippen LogP) is 0.102. The van der Waals surface area contributed by atoms with E-state index in [1.807, 2.05) is 0 Å². The number of carbonyl (C=O) groups is 3. The lowest BCUT2D eigenvalue weighted by Crippen LogP contribution is -2.67. The van der Waals surface area contributed by atoms with Gasteiger partial charge in [-0.15, -0.1) is 0 Å². The summed E-state index contributed by atoms with van der Waals surface area (Å²) in [6, 6.07) is 12.1. The Labute approximate surface area is 282 Å². The number of aliphatic carboxylic acids is 1. The maximum absolute atomic E-state index is 13.4. The number of carboxylic acid groups (broad SMARTS) is 1. The number of carbonyl (C=O) groups excluding carboxylic acids is 2. The first-order valence-corrected chi connectivity index (χ1v) is 15.3. The van der Waals surface area contributed by atoms with Gasteiger partial charge in [-0.05, 0) is 48.6 Å². The van der Waals surface area contributed by atoms with E-state index in [0.29, 0.717) is 22.4 Å². The number of rotatable bonds is 7. The Hall–Kier alpha value is -5.04. The van der Waals surface area contributed by atoms with Crippen LogP contribution in [0.4, 0.5) is 5.69 Å². The zero-order chi connectivity index (χ0) is 35.4. The van der Waals surface area contributed by atoms with Gasteiger partial charge in [0.1, 0.15) is 35.2 Å². The maximum Gasteiger partial charge on any atom is 0.364 e. The van der Waals surface area contributed by atoms with E-state index in [2.05, 4.69) is 16.0 Å². The van der Waals surface area contributed by atoms with Crippen molar-refractivity contribution in [3.63, 3.8) is 0 Å². The molecular weight excluding hydrogens is 666 g/mol. The van der Waals surface area contributed by atoms with Crippen molar-refractivity contribution in [2.24, 2.45) is 0 Å². The van der Waals surface area contributed by atoms with Crippen LogP contribution in [0.2, 0.25) is 0 Å². The van der Waals surface area contributed by atoms with Crippen molar-refractivity contribution >= 4 is 40.9 Å². The Morgan fingerprint density at radius 3 is 2.20 bits per heavy atom. The molecule has 3 aliphatic rings. The summed E-state index contributed by atoms with van der Waals surface area (Å²) < 4.78 is 17.2. The molecule has 49 heavy (non-hydrogen) atoms. The molecule has 3 heterocycles. The third kappa shape index (κ3) is 5.96. The summed E-state index contributed by atoms with van der Waals surface area (Å²) in [5.74, 6) is -5.78. The average molecular weight is 698 g/mol. The molecule has 0 saturated carbocycles. The summed E-state index contributed by atoms with van der Waals surface area (Å²) in [5, 5.41) is 79.8. The third-order valence-corrected chi connectivity index (χ3v) is 8.77. The molecule has 3 aromatic carbocycles. The highest BCUT2D eigenvalue weighted by molar-refractivity contribution is 7.80. The van der Waals surface area contributed by atoms with Crippen molar-refractivity contribution in [2.75, 3.05) is 11.9 Å². The third-order valence-electron chi connectivity index (χ3n) is 8.52. The Bertz CT molecular complexity index is 1820. The van der Waals surface area contributed by atoms with E-state index in [1.165, 1.54) is 30.3 Å². The molecule has 0 aromatic heterocycles. The van der Waals surface area contributed by atoms with Gasteiger partial charge in [0.05, 0.1) is 23.8 Å². The summed E-state index contributed by atoms with van der Waals surface area (Å²) in [6.45, 7) is 0.679. The summed E-state index contributed by atoms with van der Waals surface area (Å²) in [7, 11) is 0. The highest BCUT2D eigenvalue weighted by atomic mass is 32.1.